The minimum absolute atomic E-state index is 0.0380. The minimum Gasteiger partial charge on any atom is -0.480 e. The predicted molar refractivity (Wildman–Crippen MR) is 43.1 cm³/mol. The Bertz CT molecular complexity index is 145. The monoisotopic (exact) mass is 158 g/mol. The van der Waals surface area contributed by atoms with Crippen LogP contribution in [0.4, 0.5) is 0 Å². The van der Waals surface area contributed by atoms with E-state index in [1.165, 1.54) is 0 Å². The van der Waals surface area contributed by atoms with Crippen molar-refractivity contribution in [1.82, 2.24) is 4.90 Å². The molecule has 0 aliphatic carbocycles. The molecule has 4 heteroatoms. The lowest BCUT2D eigenvalue weighted by atomic mass is 10.4. The van der Waals surface area contributed by atoms with Gasteiger partial charge in [0.25, 0.3) is 0 Å². The van der Waals surface area contributed by atoms with Crippen LogP contribution in [-0.2, 0) is 4.79 Å². The number of hydrogen-bond acceptors (Lipinski definition) is 3. The average Bonchev–Trinajstić information content (AvgIpc) is 1.86. The zero-order chi connectivity index (χ0) is 8.85. The molecule has 64 valence electrons. The largest absolute Gasteiger partial charge is 0.480 e. The van der Waals surface area contributed by atoms with Gasteiger partial charge in [-0.3, -0.25) is 9.69 Å². The van der Waals surface area contributed by atoms with Gasteiger partial charge in [-0.2, -0.15) is 0 Å². The first-order chi connectivity index (χ1) is 5.07. The zero-order valence-electron chi connectivity index (χ0n) is 6.66. The first-order valence-electron chi connectivity index (χ1n) is 3.40. The summed E-state index contributed by atoms with van der Waals surface area (Å²) in [7, 11) is 0. The molecule has 4 nitrogen and oxygen atoms in total. The standard InChI is InChI=1S/C7H14N2O2/c1-3-4-9(6(2)8)5-7(10)11/h3,6H,1,4-5,8H2,2H3,(H,10,11). The van der Waals surface area contributed by atoms with Crippen molar-refractivity contribution in [3.63, 3.8) is 0 Å². The van der Waals surface area contributed by atoms with Gasteiger partial charge in [-0.15, -0.1) is 6.58 Å². The van der Waals surface area contributed by atoms with Crippen LogP contribution in [0.25, 0.3) is 0 Å². The van der Waals surface area contributed by atoms with E-state index in [4.69, 9.17) is 10.8 Å². The van der Waals surface area contributed by atoms with Crippen LogP contribution in [0, 0.1) is 0 Å². The van der Waals surface area contributed by atoms with Gasteiger partial charge >= 0.3 is 5.97 Å². The maximum absolute atomic E-state index is 10.3. The molecule has 0 aromatic carbocycles. The number of carbonyl (C=O) groups is 1. The lowest BCUT2D eigenvalue weighted by molar-refractivity contribution is -0.138. The van der Waals surface area contributed by atoms with Gasteiger partial charge in [0.05, 0.1) is 12.7 Å². The number of nitrogens with zero attached hydrogens (tertiary/aromatic N) is 1. The summed E-state index contributed by atoms with van der Waals surface area (Å²) < 4.78 is 0. The third kappa shape index (κ3) is 4.52. The molecule has 0 bridgehead atoms. The highest BCUT2D eigenvalue weighted by atomic mass is 16.4. The molecule has 0 heterocycles. The van der Waals surface area contributed by atoms with Gasteiger partial charge in [-0.05, 0) is 6.92 Å². The van der Waals surface area contributed by atoms with E-state index in [0.29, 0.717) is 6.54 Å². The SMILES string of the molecule is C=CCN(CC(=O)O)C(C)N. The van der Waals surface area contributed by atoms with E-state index in [1.807, 2.05) is 0 Å². The molecule has 0 radical (unpaired) electrons. The maximum atomic E-state index is 10.3. The molecular weight excluding hydrogens is 144 g/mol. The van der Waals surface area contributed by atoms with Gasteiger partial charge in [0.15, 0.2) is 0 Å². The Balaban J connectivity index is 3.88. The van der Waals surface area contributed by atoms with Gasteiger partial charge in [0, 0.05) is 6.54 Å². The van der Waals surface area contributed by atoms with Gasteiger partial charge in [-0.25, -0.2) is 0 Å². The second-order valence-corrected chi connectivity index (χ2v) is 2.35. The van der Waals surface area contributed by atoms with E-state index in [0.717, 1.165) is 0 Å². The molecule has 0 amide bonds. The third-order valence-electron chi connectivity index (χ3n) is 1.28. The Morgan fingerprint density at radius 2 is 2.45 bits per heavy atom. The highest BCUT2D eigenvalue weighted by Crippen LogP contribution is 1.91. The summed E-state index contributed by atoms with van der Waals surface area (Å²) in [5.74, 6) is -0.871. The molecule has 1 atom stereocenters. The van der Waals surface area contributed by atoms with Crippen molar-refractivity contribution in [3.8, 4) is 0 Å². The molecule has 1 unspecified atom stereocenters. The van der Waals surface area contributed by atoms with Crippen molar-refractivity contribution < 1.29 is 9.90 Å². The lowest BCUT2D eigenvalue weighted by Crippen LogP contribution is -2.42. The third-order valence-corrected chi connectivity index (χ3v) is 1.28. The van der Waals surface area contributed by atoms with E-state index in [-0.39, 0.29) is 12.7 Å². The second kappa shape index (κ2) is 4.87. The number of hydrogen-bond donors (Lipinski definition) is 2. The number of carboxylic acid groups (broad SMARTS) is 1. The van der Waals surface area contributed by atoms with E-state index >= 15 is 0 Å². The van der Waals surface area contributed by atoms with E-state index in [2.05, 4.69) is 6.58 Å². The van der Waals surface area contributed by atoms with Crippen LogP contribution in [-0.4, -0.2) is 35.2 Å². The summed E-state index contributed by atoms with van der Waals surface area (Å²) in [6.45, 7) is 5.71. The molecule has 0 spiro atoms. The lowest BCUT2D eigenvalue weighted by Gasteiger charge is -2.21. The van der Waals surface area contributed by atoms with Crippen LogP contribution in [0.1, 0.15) is 6.92 Å². The number of rotatable bonds is 5. The highest BCUT2D eigenvalue weighted by molar-refractivity contribution is 5.69. The van der Waals surface area contributed by atoms with Crippen LogP contribution in [0.5, 0.6) is 0 Å². The van der Waals surface area contributed by atoms with Crippen molar-refractivity contribution in [3.05, 3.63) is 12.7 Å². The van der Waals surface area contributed by atoms with E-state index in [1.54, 1.807) is 17.9 Å². The minimum atomic E-state index is -0.871. The van der Waals surface area contributed by atoms with Crippen molar-refractivity contribution in [1.29, 1.82) is 0 Å². The average molecular weight is 158 g/mol. The van der Waals surface area contributed by atoms with Gasteiger partial charge in [0.1, 0.15) is 0 Å². The van der Waals surface area contributed by atoms with Crippen LogP contribution in [0.3, 0.4) is 0 Å². The van der Waals surface area contributed by atoms with E-state index in [9.17, 15) is 4.79 Å². The van der Waals surface area contributed by atoms with Crippen LogP contribution in [0.15, 0.2) is 12.7 Å². The molecule has 11 heavy (non-hydrogen) atoms. The predicted octanol–water partition coefficient (Wildman–Crippen LogP) is -0.136. The van der Waals surface area contributed by atoms with Crippen LogP contribution in [0.2, 0.25) is 0 Å². The summed E-state index contributed by atoms with van der Waals surface area (Å²) in [5, 5.41) is 8.43. The Labute approximate surface area is 66.3 Å². The molecule has 0 saturated heterocycles. The second-order valence-electron chi connectivity index (χ2n) is 2.35. The quantitative estimate of drug-likeness (QED) is 0.432. The Kier molecular flexibility index (Phi) is 4.49. The summed E-state index contributed by atoms with van der Waals surface area (Å²) in [6.07, 6.45) is 1.39. The fourth-order valence-electron chi connectivity index (χ4n) is 0.714. The smallest absolute Gasteiger partial charge is 0.317 e. The van der Waals surface area contributed by atoms with Crippen molar-refractivity contribution in [2.75, 3.05) is 13.1 Å². The topological polar surface area (TPSA) is 66.6 Å². The summed E-state index contributed by atoms with van der Waals surface area (Å²) in [6, 6.07) is 0. The Morgan fingerprint density at radius 3 is 2.73 bits per heavy atom. The molecule has 0 saturated carbocycles. The molecular formula is C7H14N2O2. The molecule has 0 aliphatic heterocycles. The van der Waals surface area contributed by atoms with Gasteiger partial charge in [0.2, 0.25) is 0 Å². The first kappa shape index (κ1) is 10.1. The fraction of sp³-hybridized carbons (Fsp3) is 0.571. The van der Waals surface area contributed by atoms with Crippen molar-refractivity contribution in [2.45, 2.75) is 13.1 Å². The van der Waals surface area contributed by atoms with E-state index < -0.39 is 5.97 Å². The fourth-order valence-corrected chi connectivity index (χ4v) is 0.714. The highest BCUT2D eigenvalue weighted by Gasteiger charge is 2.10. The molecule has 0 fully saturated rings. The van der Waals surface area contributed by atoms with Gasteiger partial charge < -0.3 is 10.8 Å². The molecule has 0 aliphatic rings. The maximum Gasteiger partial charge on any atom is 0.317 e. The molecule has 0 aromatic rings. The molecule has 0 rings (SSSR count). The van der Waals surface area contributed by atoms with Crippen molar-refractivity contribution in [2.24, 2.45) is 5.73 Å². The normalized spacial score (nSPS) is 13.0. The number of nitrogens with two attached hydrogens (primary N) is 1. The molecule has 0 aromatic heterocycles. The molecule has 3 N–H and O–H groups in total. The van der Waals surface area contributed by atoms with Crippen LogP contribution >= 0.6 is 0 Å². The van der Waals surface area contributed by atoms with Crippen LogP contribution < -0.4 is 5.73 Å². The summed E-state index contributed by atoms with van der Waals surface area (Å²) in [5.41, 5.74) is 5.49. The summed E-state index contributed by atoms with van der Waals surface area (Å²) >= 11 is 0. The number of aliphatic carboxylic acids is 1. The Morgan fingerprint density at radius 1 is 1.91 bits per heavy atom. The summed E-state index contributed by atoms with van der Waals surface area (Å²) in [4.78, 5) is 11.9. The van der Waals surface area contributed by atoms with Gasteiger partial charge in [-0.1, -0.05) is 6.08 Å². The first-order valence-corrected chi connectivity index (χ1v) is 3.40. The van der Waals surface area contributed by atoms with Crippen molar-refractivity contribution >= 4 is 5.97 Å². The Hall–Kier alpha value is -0.870. The zero-order valence-corrected chi connectivity index (χ0v) is 6.66. The number of carboxylic acids is 1.